The summed E-state index contributed by atoms with van der Waals surface area (Å²) in [6.45, 7) is 4.49. The maximum Gasteiger partial charge on any atom is 0.254 e. The van der Waals surface area contributed by atoms with E-state index in [2.05, 4.69) is 15.9 Å². The maximum absolute atomic E-state index is 12.7. The number of carbonyl (C=O) groups excluding carboxylic acids is 1. The number of hydrogen-bond acceptors (Lipinski definition) is 2. The molecule has 0 N–H and O–H groups in total. The number of halogens is 1. The monoisotopic (exact) mass is 361 g/mol. The molecule has 0 heterocycles. The number of carbonyl (C=O) groups is 1. The van der Waals surface area contributed by atoms with Crippen molar-refractivity contribution in [2.45, 2.75) is 20.4 Å². The molecule has 2 aromatic rings. The molecule has 0 saturated heterocycles. The van der Waals surface area contributed by atoms with E-state index in [0.29, 0.717) is 6.54 Å². The average Bonchev–Trinajstić information content (AvgIpc) is 2.49. The van der Waals surface area contributed by atoms with Gasteiger partial charge in [0, 0.05) is 29.2 Å². The van der Waals surface area contributed by atoms with Crippen molar-refractivity contribution in [3.8, 4) is 5.75 Å². The minimum atomic E-state index is 0.0169. The van der Waals surface area contributed by atoms with Gasteiger partial charge in [-0.25, -0.2) is 0 Å². The van der Waals surface area contributed by atoms with Crippen molar-refractivity contribution in [1.82, 2.24) is 4.90 Å². The summed E-state index contributed by atoms with van der Waals surface area (Å²) in [4.78, 5) is 14.4. The van der Waals surface area contributed by atoms with Crippen LogP contribution in [0.4, 0.5) is 0 Å². The van der Waals surface area contributed by atoms with E-state index in [-0.39, 0.29) is 5.91 Å². The SMILES string of the molecule is COc1ccc(Br)cc1CN(C)C(=O)c1cccc(C)c1C. The van der Waals surface area contributed by atoms with Crippen molar-refractivity contribution in [2.75, 3.05) is 14.2 Å². The van der Waals surface area contributed by atoms with Gasteiger partial charge in [0.05, 0.1) is 7.11 Å². The van der Waals surface area contributed by atoms with E-state index in [1.54, 1.807) is 12.0 Å². The summed E-state index contributed by atoms with van der Waals surface area (Å²) >= 11 is 3.46. The van der Waals surface area contributed by atoms with Gasteiger partial charge in [0.25, 0.3) is 5.91 Å². The number of rotatable bonds is 4. The molecule has 0 aromatic heterocycles. The normalized spacial score (nSPS) is 10.4. The summed E-state index contributed by atoms with van der Waals surface area (Å²) in [7, 11) is 3.45. The summed E-state index contributed by atoms with van der Waals surface area (Å²) in [5.41, 5.74) is 3.87. The lowest BCUT2D eigenvalue weighted by molar-refractivity contribution is 0.0783. The van der Waals surface area contributed by atoms with E-state index in [1.165, 1.54) is 0 Å². The lowest BCUT2D eigenvalue weighted by Gasteiger charge is -2.20. The van der Waals surface area contributed by atoms with E-state index in [9.17, 15) is 4.79 Å². The van der Waals surface area contributed by atoms with Gasteiger partial charge in [-0.1, -0.05) is 28.1 Å². The van der Waals surface area contributed by atoms with Crippen LogP contribution in [0.15, 0.2) is 40.9 Å². The highest BCUT2D eigenvalue weighted by molar-refractivity contribution is 9.10. The molecule has 0 bridgehead atoms. The summed E-state index contributed by atoms with van der Waals surface area (Å²) in [6, 6.07) is 11.6. The average molecular weight is 362 g/mol. The Hall–Kier alpha value is -1.81. The van der Waals surface area contributed by atoms with Crippen molar-refractivity contribution in [1.29, 1.82) is 0 Å². The molecule has 1 amide bonds. The highest BCUT2D eigenvalue weighted by Gasteiger charge is 2.16. The summed E-state index contributed by atoms with van der Waals surface area (Å²) in [5.74, 6) is 0.798. The molecule has 0 atom stereocenters. The summed E-state index contributed by atoms with van der Waals surface area (Å²) < 4.78 is 6.34. The van der Waals surface area contributed by atoms with E-state index in [1.807, 2.05) is 57.3 Å². The second kappa shape index (κ2) is 6.97. The van der Waals surface area contributed by atoms with Crippen LogP contribution >= 0.6 is 15.9 Å². The van der Waals surface area contributed by atoms with E-state index in [4.69, 9.17) is 4.74 Å². The third-order valence-corrected chi connectivity index (χ3v) is 4.32. The fourth-order valence-electron chi connectivity index (χ4n) is 2.39. The van der Waals surface area contributed by atoms with Gasteiger partial charge in [-0.3, -0.25) is 4.79 Å². The Morgan fingerprint density at radius 2 is 1.95 bits per heavy atom. The Morgan fingerprint density at radius 1 is 1.23 bits per heavy atom. The van der Waals surface area contributed by atoms with Gasteiger partial charge in [0.1, 0.15) is 5.75 Å². The van der Waals surface area contributed by atoms with Crippen LogP contribution in [0, 0.1) is 13.8 Å². The Bertz CT molecular complexity index is 697. The fraction of sp³-hybridized carbons (Fsp3) is 0.278. The zero-order valence-electron chi connectivity index (χ0n) is 13.3. The molecule has 0 aliphatic rings. The van der Waals surface area contributed by atoms with Crippen LogP contribution in [-0.4, -0.2) is 25.0 Å². The number of amides is 1. The molecular weight excluding hydrogens is 342 g/mol. The fourth-order valence-corrected chi connectivity index (χ4v) is 2.79. The molecule has 0 radical (unpaired) electrons. The summed E-state index contributed by atoms with van der Waals surface area (Å²) in [6.07, 6.45) is 0. The number of aryl methyl sites for hydroxylation is 1. The quantitative estimate of drug-likeness (QED) is 0.810. The van der Waals surface area contributed by atoms with Crippen molar-refractivity contribution in [3.05, 3.63) is 63.1 Å². The molecule has 2 rings (SSSR count). The van der Waals surface area contributed by atoms with Gasteiger partial charge >= 0.3 is 0 Å². The van der Waals surface area contributed by atoms with Crippen LogP contribution in [-0.2, 0) is 6.54 Å². The molecule has 0 unspecified atom stereocenters. The lowest BCUT2D eigenvalue weighted by Crippen LogP contribution is -2.27. The Morgan fingerprint density at radius 3 is 2.64 bits per heavy atom. The minimum Gasteiger partial charge on any atom is -0.496 e. The topological polar surface area (TPSA) is 29.5 Å². The van der Waals surface area contributed by atoms with Gasteiger partial charge in [-0.2, -0.15) is 0 Å². The largest absolute Gasteiger partial charge is 0.496 e. The molecule has 4 heteroatoms. The third-order valence-electron chi connectivity index (χ3n) is 3.83. The minimum absolute atomic E-state index is 0.0169. The lowest BCUT2D eigenvalue weighted by atomic mass is 10.0. The first-order valence-corrected chi connectivity index (χ1v) is 7.87. The molecule has 2 aromatic carbocycles. The molecule has 0 saturated carbocycles. The van der Waals surface area contributed by atoms with Crippen LogP contribution in [0.2, 0.25) is 0 Å². The van der Waals surface area contributed by atoms with Crippen LogP contribution < -0.4 is 4.74 Å². The smallest absolute Gasteiger partial charge is 0.254 e. The predicted molar refractivity (Wildman–Crippen MR) is 92.4 cm³/mol. The number of hydrogen-bond donors (Lipinski definition) is 0. The first-order valence-electron chi connectivity index (χ1n) is 7.08. The summed E-state index contributed by atoms with van der Waals surface area (Å²) in [5, 5.41) is 0. The standard InChI is InChI=1S/C18H20BrNO2/c1-12-6-5-7-16(13(12)2)18(21)20(3)11-14-10-15(19)8-9-17(14)22-4/h5-10H,11H2,1-4H3. The zero-order valence-corrected chi connectivity index (χ0v) is 14.9. The van der Waals surface area contributed by atoms with Gasteiger partial charge < -0.3 is 9.64 Å². The first-order chi connectivity index (χ1) is 10.4. The van der Waals surface area contributed by atoms with Gasteiger partial charge in [-0.05, 0) is 49.2 Å². The van der Waals surface area contributed by atoms with Crippen LogP contribution in [0.1, 0.15) is 27.0 Å². The van der Waals surface area contributed by atoms with Gasteiger partial charge in [0.15, 0.2) is 0 Å². The van der Waals surface area contributed by atoms with Crippen LogP contribution in [0.5, 0.6) is 5.75 Å². The highest BCUT2D eigenvalue weighted by Crippen LogP contribution is 2.25. The number of nitrogens with zero attached hydrogens (tertiary/aromatic N) is 1. The van der Waals surface area contributed by atoms with Crippen molar-refractivity contribution in [3.63, 3.8) is 0 Å². The van der Waals surface area contributed by atoms with Crippen molar-refractivity contribution in [2.24, 2.45) is 0 Å². The maximum atomic E-state index is 12.7. The Kier molecular flexibility index (Phi) is 5.24. The number of benzene rings is 2. The van der Waals surface area contributed by atoms with E-state index in [0.717, 1.165) is 32.5 Å². The zero-order chi connectivity index (χ0) is 16.3. The number of ether oxygens (including phenoxy) is 1. The van der Waals surface area contributed by atoms with E-state index < -0.39 is 0 Å². The molecular formula is C18H20BrNO2. The predicted octanol–water partition coefficient (Wildman–Crippen LogP) is 4.35. The second-order valence-corrected chi connectivity index (χ2v) is 6.28. The Labute approximate surface area is 140 Å². The van der Waals surface area contributed by atoms with Gasteiger partial charge in [-0.15, -0.1) is 0 Å². The van der Waals surface area contributed by atoms with Crippen LogP contribution in [0.3, 0.4) is 0 Å². The van der Waals surface area contributed by atoms with Crippen molar-refractivity contribution < 1.29 is 9.53 Å². The molecule has 0 spiro atoms. The molecule has 0 fully saturated rings. The van der Waals surface area contributed by atoms with Gasteiger partial charge in [0.2, 0.25) is 0 Å². The molecule has 3 nitrogen and oxygen atoms in total. The second-order valence-electron chi connectivity index (χ2n) is 5.36. The Balaban J connectivity index is 2.25. The highest BCUT2D eigenvalue weighted by atomic mass is 79.9. The molecule has 0 aliphatic heterocycles. The first kappa shape index (κ1) is 16.6. The number of methoxy groups -OCH3 is 1. The molecule has 22 heavy (non-hydrogen) atoms. The van der Waals surface area contributed by atoms with Crippen LogP contribution in [0.25, 0.3) is 0 Å². The molecule has 0 aliphatic carbocycles. The molecule has 116 valence electrons. The third kappa shape index (κ3) is 3.50. The van der Waals surface area contributed by atoms with E-state index >= 15 is 0 Å². The van der Waals surface area contributed by atoms with Crippen molar-refractivity contribution >= 4 is 21.8 Å².